The fourth-order valence-corrected chi connectivity index (χ4v) is 7.62. The second-order valence-electron chi connectivity index (χ2n) is 11.9. The second-order valence-corrected chi connectivity index (χ2v) is 11.9. The van der Waals surface area contributed by atoms with Crippen LogP contribution in [-0.4, -0.2) is 56.3 Å². The summed E-state index contributed by atoms with van der Waals surface area (Å²) in [6.45, 7) is 7.37. The fraction of sp³-hybridized carbons (Fsp3) is 0.567. The summed E-state index contributed by atoms with van der Waals surface area (Å²) in [4.78, 5) is 41.0. The van der Waals surface area contributed by atoms with Gasteiger partial charge >= 0.3 is 0 Å². The Kier molecular flexibility index (Phi) is 6.44. The van der Waals surface area contributed by atoms with Gasteiger partial charge in [0.2, 0.25) is 5.91 Å². The Morgan fingerprint density at radius 2 is 1.79 bits per heavy atom. The van der Waals surface area contributed by atoms with E-state index in [1.807, 2.05) is 32.9 Å². The molecule has 204 valence electrons. The Labute approximate surface area is 222 Å². The smallest absolute Gasteiger partial charge is 0.237 e. The van der Waals surface area contributed by atoms with Gasteiger partial charge in [0.1, 0.15) is 28.8 Å². The van der Waals surface area contributed by atoms with E-state index in [9.17, 15) is 29.7 Å². The molecule has 8 heteroatoms. The van der Waals surface area contributed by atoms with E-state index in [-0.39, 0.29) is 36.8 Å². The second kappa shape index (κ2) is 9.14. The number of carbonyl (C=O) groups is 3. The van der Waals surface area contributed by atoms with Crippen molar-refractivity contribution in [2.45, 2.75) is 76.9 Å². The van der Waals surface area contributed by atoms with Gasteiger partial charge in [-0.3, -0.25) is 14.4 Å². The standard InChI is InChI=1S/C30H37NO7/c1-16-6-5-7-21-26(36)28(4)18(3)25-29(38-28,15-19-8-10-20(32)11-9-19)31-27(37)30(21,25)23(34)13-12-22(33)24(35)17(2)14-16/h5,7-11,14,16,18,21-22,25-26,32-33,36H,6,12-13,15H2,1-4H3,(H,31,37)/b7-5-,17-14-/t16-,18-,21-,22-,25-,26-,28-,29+,30+/m0/s1. The summed E-state index contributed by atoms with van der Waals surface area (Å²) in [5.74, 6) is -3.02. The zero-order chi connectivity index (χ0) is 27.6. The lowest BCUT2D eigenvalue weighted by atomic mass is 9.50. The summed E-state index contributed by atoms with van der Waals surface area (Å²) in [5, 5.41) is 35.2. The number of Topliss-reactive ketones (excluding diaryl/α,β-unsaturated/α-hetero) is 2. The van der Waals surface area contributed by atoms with Crippen molar-refractivity contribution in [1.29, 1.82) is 0 Å². The first-order chi connectivity index (χ1) is 17.9. The lowest BCUT2D eigenvalue weighted by Gasteiger charge is -2.50. The first-order valence-corrected chi connectivity index (χ1v) is 13.5. The van der Waals surface area contributed by atoms with Gasteiger partial charge < -0.3 is 25.4 Å². The quantitative estimate of drug-likeness (QED) is 0.346. The summed E-state index contributed by atoms with van der Waals surface area (Å²) in [7, 11) is 0. The number of aromatic hydroxyl groups is 1. The predicted molar refractivity (Wildman–Crippen MR) is 139 cm³/mol. The maximum absolute atomic E-state index is 14.2. The molecular weight excluding hydrogens is 486 g/mol. The highest BCUT2D eigenvalue weighted by Crippen LogP contribution is 2.67. The van der Waals surface area contributed by atoms with Crippen LogP contribution < -0.4 is 5.32 Å². The highest BCUT2D eigenvalue weighted by Gasteiger charge is 2.81. The number of allylic oxidation sites excluding steroid dienone is 2. The van der Waals surface area contributed by atoms with E-state index in [1.54, 1.807) is 37.3 Å². The molecule has 5 rings (SSSR count). The van der Waals surface area contributed by atoms with Crippen molar-refractivity contribution in [3.8, 4) is 5.75 Å². The van der Waals surface area contributed by atoms with Crippen LogP contribution in [0.3, 0.4) is 0 Å². The molecule has 1 aromatic rings. The highest BCUT2D eigenvalue weighted by atomic mass is 16.6. The molecule has 2 aliphatic heterocycles. The van der Waals surface area contributed by atoms with Crippen LogP contribution in [0.1, 0.15) is 52.5 Å². The van der Waals surface area contributed by atoms with Crippen LogP contribution in [0, 0.1) is 29.1 Å². The fourth-order valence-electron chi connectivity index (χ4n) is 7.62. The van der Waals surface area contributed by atoms with E-state index in [0.29, 0.717) is 12.0 Å². The zero-order valence-corrected chi connectivity index (χ0v) is 22.3. The van der Waals surface area contributed by atoms with Gasteiger partial charge in [0, 0.05) is 24.7 Å². The molecule has 2 saturated heterocycles. The molecule has 38 heavy (non-hydrogen) atoms. The summed E-state index contributed by atoms with van der Waals surface area (Å²) >= 11 is 0. The maximum Gasteiger partial charge on any atom is 0.237 e. The summed E-state index contributed by atoms with van der Waals surface area (Å²) in [6.07, 6.45) is 3.49. The topological polar surface area (TPSA) is 133 Å². The molecular formula is C30H37NO7. The first kappa shape index (κ1) is 26.8. The average Bonchev–Trinajstić information content (AvgIpc) is 3.21. The van der Waals surface area contributed by atoms with E-state index >= 15 is 0 Å². The van der Waals surface area contributed by atoms with Gasteiger partial charge in [-0.1, -0.05) is 44.2 Å². The predicted octanol–water partition coefficient (Wildman–Crippen LogP) is 2.60. The number of hydrogen-bond acceptors (Lipinski definition) is 7. The normalized spacial score (nSPS) is 45.2. The van der Waals surface area contributed by atoms with Gasteiger partial charge in [0.25, 0.3) is 0 Å². The van der Waals surface area contributed by atoms with E-state index in [2.05, 4.69) is 5.32 Å². The van der Waals surface area contributed by atoms with Crippen molar-refractivity contribution in [2.75, 3.05) is 0 Å². The Morgan fingerprint density at radius 3 is 2.47 bits per heavy atom. The number of carbonyl (C=O) groups excluding carboxylic acids is 3. The van der Waals surface area contributed by atoms with Crippen LogP contribution in [0.25, 0.3) is 0 Å². The molecule has 0 radical (unpaired) electrons. The van der Waals surface area contributed by atoms with Crippen molar-refractivity contribution in [3.63, 3.8) is 0 Å². The Morgan fingerprint density at radius 1 is 1.11 bits per heavy atom. The number of amides is 1. The Balaban J connectivity index is 1.64. The minimum atomic E-state index is -1.62. The maximum atomic E-state index is 14.2. The summed E-state index contributed by atoms with van der Waals surface area (Å²) in [6, 6.07) is 6.62. The van der Waals surface area contributed by atoms with Crippen molar-refractivity contribution in [3.05, 3.63) is 53.6 Å². The van der Waals surface area contributed by atoms with Crippen LogP contribution in [0.4, 0.5) is 0 Å². The molecule has 3 fully saturated rings. The zero-order valence-electron chi connectivity index (χ0n) is 22.3. The lowest BCUT2D eigenvalue weighted by Crippen LogP contribution is -2.64. The first-order valence-electron chi connectivity index (χ1n) is 13.5. The molecule has 2 heterocycles. The van der Waals surface area contributed by atoms with Crippen molar-refractivity contribution in [2.24, 2.45) is 29.1 Å². The minimum Gasteiger partial charge on any atom is -0.508 e. The van der Waals surface area contributed by atoms with Gasteiger partial charge in [-0.05, 0) is 61.8 Å². The molecule has 4 N–H and O–H groups in total. The van der Waals surface area contributed by atoms with Crippen molar-refractivity contribution >= 4 is 17.5 Å². The molecule has 8 nitrogen and oxygen atoms in total. The van der Waals surface area contributed by atoms with Crippen molar-refractivity contribution in [1.82, 2.24) is 5.32 Å². The Bertz CT molecular complexity index is 1220. The van der Waals surface area contributed by atoms with Gasteiger partial charge in [-0.2, -0.15) is 0 Å². The number of nitrogens with one attached hydrogen (secondary N) is 1. The molecule has 1 amide bonds. The van der Waals surface area contributed by atoms with E-state index < -0.39 is 58.3 Å². The number of hydrogen-bond donors (Lipinski definition) is 4. The number of phenolic OH excluding ortho intramolecular Hbond substituents is 1. The van der Waals surface area contributed by atoms with Gasteiger partial charge in [-0.25, -0.2) is 0 Å². The third-order valence-corrected chi connectivity index (χ3v) is 9.54. The van der Waals surface area contributed by atoms with Crippen LogP contribution in [-0.2, 0) is 25.5 Å². The van der Waals surface area contributed by atoms with Crippen LogP contribution in [0.5, 0.6) is 5.75 Å². The number of benzene rings is 1. The number of rotatable bonds is 2. The molecule has 1 aromatic carbocycles. The number of ketones is 2. The number of aliphatic hydroxyl groups excluding tert-OH is 2. The number of aliphatic hydroxyl groups is 2. The third kappa shape index (κ3) is 3.72. The number of phenols is 1. The van der Waals surface area contributed by atoms with Crippen molar-refractivity contribution < 1.29 is 34.4 Å². The van der Waals surface area contributed by atoms with Gasteiger partial charge in [-0.15, -0.1) is 0 Å². The van der Waals surface area contributed by atoms with Crippen LogP contribution >= 0.6 is 0 Å². The average molecular weight is 524 g/mol. The van der Waals surface area contributed by atoms with E-state index in [1.165, 1.54) is 0 Å². The monoisotopic (exact) mass is 523 g/mol. The number of ether oxygens (including phenoxy) is 1. The lowest BCUT2D eigenvalue weighted by molar-refractivity contribution is -0.191. The SMILES string of the molecule is C/C1=C/[C@@H](C)C/C=C\[C@H]2[C@H](O)[C@@]3(C)O[C@@]4(Cc5ccc(O)cc5)NC(=O)[C@]2(C(=O)CC[C@H](O)C1=O)[C@H]4[C@@H]3C. The third-order valence-electron chi connectivity index (χ3n) is 9.54. The molecule has 0 unspecified atom stereocenters. The molecule has 2 bridgehead atoms. The van der Waals surface area contributed by atoms with Gasteiger partial charge in [0.05, 0.1) is 11.7 Å². The highest BCUT2D eigenvalue weighted by molar-refractivity contribution is 6.10. The molecule has 1 saturated carbocycles. The molecule has 9 atom stereocenters. The summed E-state index contributed by atoms with van der Waals surface area (Å²) < 4.78 is 6.66. The van der Waals surface area contributed by atoms with E-state index in [0.717, 1.165) is 5.56 Å². The largest absolute Gasteiger partial charge is 0.508 e. The molecule has 4 aliphatic rings. The number of fused-ring (bicyclic) bond motifs is 1. The van der Waals surface area contributed by atoms with E-state index in [4.69, 9.17) is 4.74 Å². The van der Waals surface area contributed by atoms with Crippen LogP contribution in [0.2, 0.25) is 0 Å². The Hall–Kier alpha value is -2.81. The molecule has 0 aromatic heterocycles. The van der Waals surface area contributed by atoms with Gasteiger partial charge in [0.15, 0.2) is 5.78 Å². The molecule has 1 spiro atoms. The summed E-state index contributed by atoms with van der Waals surface area (Å²) in [5.41, 5.74) is -2.64. The minimum absolute atomic E-state index is 0.0241. The van der Waals surface area contributed by atoms with Crippen LogP contribution in [0.15, 0.2) is 48.1 Å². The molecule has 2 aliphatic carbocycles.